The lowest BCUT2D eigenvalue weighted by atomic mass is 10.1. The van der Waals surface area contributed by atoms with E-state index in [1.54, 1.807) is 29.2 Å². The Bertz CT molecular complexity index is 1030. The predicted molar refractivity (Wildman–Crippen MR) is 105 cm³/mol. The lowest BCUT2D eigenvalue weighted by molar-refractivity contribution is 0.0698. The van der Waals surface area contributed by atoms with Gasteiger partial charge in [0.15, 0.2) is 0 Å². The maximum absolute atomic E-state index is 12.8. The molecule has 0 bridgehead atoms. The van der Waals surface area contributed by atoms with E-state index in [-0.39, 0.29) is 42.0 Å². The van der Waals surface area contributed by atoms with Crippen LogP contribution in [0.15, 0.2) is 51.8 Å². The van der Waals surface area contributed by atoms with Gasteiger partial charge in [0.05, 0.1) is 16.7 Å². The Kier molecular flexibility index (Phi) is 5.86. The summed E-state index contributed by atoms with van der Waals surface area (Å²) in [6, 6.07) is 13.1. The minimum atomic E-state index is -3.73. The van der Waals surface area contributed by atoms with E-state index in [1.165, 1.54) is 22.5 Å². The van der Waals surface area contributed by atoms with E-state index in [1.807, 2.05) is 6.07 Å². The fraction of sp³-hybridized carbons (Fsp3) is 0.222. The second kappa shape index (κ2) is 7.98. The largest absolute Gasteiger partial charge is 0.336 e. The number of rotatable bonds is 3. The molecule has 3 rings (SSSR count). The summed E-state index contributed by atoms with van der Waals surface area (Å²) in [5, 5.41) is 9.11. The lowest BCUT2D eigenvalue weighted by Crippen LogP contribution is -2.50. The first kappa shape index (κ1) is 19.8. The van der Waals surface area contributed by atoms with Crippen molar-refractivity contribution in [2.75, 3.05) is 26.2 Å². The van der Waals surface area contributed by atoms with Crippen LogP contribution in [0.25, 0.3) is 0 Å². The number of nitriles is 1. The maximum Gasteiger partial charge on any atom is 0.253 e. The summed E-state index contributed by atoms with van der Waals surface area (Å²) in [6.07, 6.45) is 0. The zero-order valence-electron chi connectivity index (χ0n) is 14.1. The molecule has 0 aliphatic carbocycles. The second-order valence-electron chi connectivity index (χ2n) is 5.96. The standard InChI is InChI=1S/C18H15BrClN3O3S/c19-15-4-5-17(16(20)11-15)27(25,26)23-8-6-22(7-9-23)18(24)14-3-1-2-13(10-14)12-21/h1-5,10-11H,6-9H2. The molecular weight excluding hydrogens is 454 g/mol. The molecule has 0 atom stereocenters. The minimum absolute atomic E-state index is 0.0499. The maximum atomic E-state index is 12.8. The molecule has 1 amide bonds. The molecule has 1 fully saturated rings. The number of halogens is 2. The van der Waals surface area contributed by atoms with E-state index in [0.717, 1.165) is 0 Å². The van der Waals surface area contributed by atoms with Gasteiger partial charge in [0.25, 0.3) is 5.91 Å². The van der Waals surface area contributed by atoms with Crippen molar-refractivity contribution in [3.63, 3.8) is 0 Å². The minimum Gasteiger partial charge on any atom is -0.336 e. The molecule has 0 unspecified atom stereocenters. The van der Waals surface area contributed by atoms with Crippen LogP contribution in [-0.2, 0) is 10.0 Å². The van der Waals surface area contributed by atoms with Crippen LogP contribution in [0.3, 0.4) is 0 Å². The van der Waals surface area contributed by atoms with Gasteiger partial charge < -0.3 is 4.90 Å². The number of benzene rings is 2. The molecule has 0 spiro atoms. The number of carbonyl (C=O) groups excluding carboxylic acids is 1. The summed E-state index contributed by atoms with van der Waals surface area (Å²) in [5.74, 6) is -0.217. The molecular formula is C18H15BrClN3O3S. The van der Waals surface area contributed by atoms with Crippen molar-refractivity contribution in [2.24, 2.45) is 0 Å². The Morgan fingerprint density at radius 3 is 2.44 bits per heavy atom. The topological polar surface area (TPSA) is 81.5 Å². The van der Waals surface area contributed by atoms with Crippen LogP contribution < -0.4 is 0 Å². The molecule has 1 heterocycles. The molecule has 1 aliphatic heterocycles. The van der Waals surface area contributed by atoms with Crippen LogP contribution in [0.5, 0.6) is 0 Å². The average Bonchev–Trinajstić information content (AvgIpc) is 2.67. The van der Waals surface area contributed by atoms with Crippen molar-refractivity contribution in [3.8, 4) is 6.07 Å². The number of hydrogen-bond acceptors (Lipinski definition) is 4. The SMILES string of the molecule is N#Cc1cccc(C(=O)N2CCN(S(=O)(=O)c3ccc(Br)cc3Cl)CC2)c1. The third-order valence-corrected chi connectivity index (χ3v) is 7.15. The van der Waals surface area contributed by atoms with Crippen molar-refractivity contribution < 1.29 is 13.2 Å². The first-order chi connectivity index (χ1) is 12.8. The third kappa shape index (κ3) is 4.17. The molecule has 0 N–H and O–H groups in total. The molecule has 9 heteroatoms. The summed E-state index contributed by atoms with van der Waals surface area (Å²) in [5.41, 5.74) is 0.827. The summed E-state index contributed by atoms with van der Waals surface area (Å²) in [4.78, 5) is 14.2. The molecule has 1 aliphatic rings. The molecule has 1 saturated heterocycles. The van der Waals surface area contributed by atoms with Crippen molar-refractivity contribution >= 4 is 43.5 Å². The summed E-state index contributed by atoms with van der Waals surface area (Å²) in [7, 11) is -3.73. The van der Waals surface area contributed by atoms with E-state index in [0.29, 0.717) is 15.6 Å². The van der Waals surface area contributed by atoms with Gasteiger partial charge in [-0.25, -0.2) is 8.42 Å². The second-order valence-corrected chi connectivity index (χ2v) is 9.19. The highest BCUT2D eigenvalue weighted by molar-refractivity contribution is 9.10. The summed E-state index contributed by atoms with van der Waals surface area (Å²) >= 11 is 9.35. The number of nitrogens with zero attached hydrogens (tertiary/aromatic N) is 3. The van der Waals surface area contributed by atoms with E-state index < -0.39 is 10.0 Å². The van der Waals surface area contributed by atoms with Gasteiger partial charge >= 0.3 is 0 Å². The predicted octanol–water partition coefficient (Wildman–Crippen LogP) is 3.12. The van der Waals surface area contributed by atoms with Crippen LogP contribution in [0.4, 0.5) is 0 Å². The third-order valence-electron chi connectivity index (χ3n) is 4.28. The Morgan fingerprint density at radius 1 is 1.11 bits per heavy atom. The number of piperazine rings is 1. The Morgan fingerprint density at radius 2 is 1.81 bits per heavy atom. The van der Waals surface area contributed by atoms with Gasteiger partial charge in [-0.15, -0.1) is 0 Å². The Hall–Kier alpha value is -1.92. The molecule has 2 aromatic carbocycles. The first-order valence-electron chi connectivity index (χ1n) is 8.07. The Labute approximate surface area is 171 Å². The molecule has 2 aromatic rings. The summed E-state index contributed by atoms with van der Waals surface area (Å²) < 4.78 is 27.7. The highest BCUT2D eigenvalue weighted by atomic mass is 79.9. The average molecular weight is 469 g/mol. The zero-order valence-corrected chi connectivity index (χ0v) is 17.3. The number of sulfonamides is 1. The van der Waals surface area contributed by atoms with Gasteiger partial charge in [0.2, 0.25) is 10.0 Å². The van der Waals surface area contributed by atoms with Gasteiger partial charge in [0, 0.05) is 36.2 Å². The van der Waals surface area contributed by atoms with Crippen LogP contribution in [0, 0.1) is 11.3 Å². The van der Waals surface area contributed by atoms with E-state index >= 15 is 0 Å². The van der Waals surface area contributed by atoms with Crippen LogP contribution in [0.1, 0.15) is 15.9 Å². The fourth-order valence-electron chi connectivity index (χ4n) is 2.86. The highest BCUT2D eigenvalue weighted by Crippen LogP contribution is 2.28. The zero-order chi connectivity index (χ0) is 19.6. The van der Waals surface area contributed by atoms with Crippen molar-refractivity contribution in [3.05, 3.63) is 63.1 Å². The first-order valence-corrected chi connectivity index (χ1v) is 10.7. The molecule has 0 radical (unpaired) electrons. The molecule has 6 nitrogen and oxygen atoms in total. The quantitative estimate of drug-likeness (QED) is 0.693. The van der Waals surface area contributed by atoms with Crippen molar-refractivity contribution in [1.82, 2.24) is 9.21 Å². The van der Waals surface area contributed by atoms with Crippen LogP contribution >= 0.6 is 27.5 Å². The van der Waals surface area contributed by atoms with Gasteiger partial charge in [-0.1, -0.05) is 33.6 Å². The molecule has 0 aromatic heterocycles. The number of hydrogen-bond donors (Lipinski definition) is 0. The molecule has 27 heavy (non-hydrogen) atoms. The molecule has 0 saturated carbocycles. The lowest BCUT2D eigenvalue weighted by Gasteiger charge is -2.34. The smallest absolute Gasteiger partial charge is 0.253 e. The van der Waals surface area contributed by atoms with Gasteiger partial charge in [0.1, 0.15) is 4.90 Å². The van der Waals surface area contributed by atoms with E-state index in [4.69, 9.17) is 16.9 Å². The Balaban J connectivity index is 1.73. The highest BCUT2D eigenvalue weighted by Gasteiger charge is 2.31. The monoisotopic (exact) mass is 467 g/mol. The number of amides is 1. The van der Waals surface area contributed by atoms with Crippen LogP contribution in [0.2, 0.25) is 5.02 Å². The van der Waals surface area contributed by atoms with Crippen LogP contribution in [-0.4, -0.2) is 49.7 Å². The van der Waals surface area contributed by atoms with Gasteiger partial charge in [-0.3, -0.25) is 4.79 Å². The van der Waals surface area contributed by atoms with Gasteiger partial charge in [-0.05, 0) is 36.4 Å². The van der Waals surface area contributed by atoms with Gasteiger partial charge in [-0.2, -0.15) is 9.57 Å². The summed E-state index contributed by atoms with van der Waals surface area (Å²) in [6.45, 7) is 0.892. The normalized spacial score (nSPS) is 15.4. The fourth-order valence-corrected chi connectivity index (χ4v) is 5.29. The van der Waals surface area contributed by atoms with Crippen molar-refractivity contribution in [2.45, 2.75) is 4.90 Å². The van der Waals surface area contributed by atoms with E-state index in [2.05, 4.69) is 15.9 Å². The number of carbonyl (C=O) groups is 1. The molecule has 140 valence electrons. The van der Waals surface area contributed by atoms with E-state index in [9.17, 15) is 13.2 Å². The van der Waals surface area contributed by atoms with Crippen molar-refractivity contribution in [1.29, 1.82) is 5.26 Å².